The predicted octanol–water partition coefficient (Wildman–Crippen LogP) is 7.12. The molecular weight excluding hydrogens is 492 g/mol. The van der Waals surface area contributed by atoms with Gasteiger partial charge in [0.15, 0.2) is 0 Å². The van der Waals surface area contributed by atoms with Crippen molar-refractivity contribution < 1.29 is 28.6 Å². The molecule has 4 rings (SSSR count). The number of rotatable bonds is 9. The fourth-order valence-corrected chi connectivity index (χ4v) is 10.2. The van der Waals surface area contributed by atoms with Crippen molar-refractivity contribution in [2.75, 3.05) is 6.61 Å². The Morgan fingerprint density at radius 3 is 2.15 bits per heavy atom. The van der Waals surface area contributed by atoms with E-state index in [1.807, 2.05) is 0 Å². The zero-order valence-electron chi connectivity index (χ0n) is 25.6. The van der Waals surface area contributed by atoms with Gasteiger partial charge in [-0.05, 0) is 98.2 Å². The van der Waals surface area contributed by atoms with Gasteiger partial charge in [0.1, 0.15) is 12.2 Å². The highest BCUT2D eigenvalue weighted by Gasteiger charge is 2.64. The third kappa shape index (κ3) is 6.20. The summed E-state index contributed by atoms with van der Waals surface area (Å²) >= 11 is 0. The molecule has 0 spiro atoms. The molecule has 0 unspecified atom stereocenters. The molecule has 0 aromatic rings. The lowest BCUT2D eigenvalue weighted by atomic mass is 9.43. The first-order chi connectivity index (χ1) is 18.4. The molecule has 6 nitrogen and oxygen atoms in total. The monoisotopic (exact) mass is 546 g/mol. The van der Waals surface area contributed by atoms with Gasteiger partial charge in [-0.25, -0.2) is 0 Å². The smallest absolute Gasteiger partial charge is 0.303 e. The molecule has 0 saturated heterocycles. The number of carbonyl (C=O) groups is 3. The first-order valence-electron chi connectivity index (χ1n) is 15.8. The largest absolute Gasteiger partial charge is 0.465 e. The van der Waals surface area contributed by atoms with Crippen molar-refractivity contribution in [1.82, 2.24) is 0 Å². The van der Waals surface area contributed by atoms with Crippen LogP contribution in [0.25, 0.3) is 0 Å². The summed E-state index contributed by atoms with van der Waals surface area (Å²) in [5.74, 6) is 3.38. The highest BCUT2D eigenvalue weighted by molar-refractivity contribution is 5.67. The molecule has 0 amide bonds. The summed E-state index contributed by atoms with van der Waals surface area (Å²) in [6.07, 6.45) is 11.5. The minimum Gasteiger partial charge on any atom is -0.465 e. The van der Waals surface area contributed by atoms with Crippen molar-refractivity contribution in [1.29, 1.82) is 0 Å². The lowest BCUT2D eigenvalue weighted by molar-refractivity contribution is -0.210. The summed E-state index contributed by atoms with van der Waals surface area (Å²) in [6.45, 7) is 14.5. The van der Waals surface area contributed by atoms with Crippen molar-refractivity contribution in [2.24, 2.45) is 52.3 Å². The number of esters is 3. The number of ether oxygens (including phenoxy) is 3. The van der Waals surface area contributed by atoms with Crippen molar-refractivity contribution in [2.45, 2.75) is 131 Å². The molecule has 0 aromatic carbocycles. The Balaban J connectivity index is 1.59. The molecule has 222 valence electrons. The van der Waals surface area contributed by atoms with Gasteiger partial charge in [-0.15, -0.1) is 0 Å². The van der Waals surface area contributed by atoms with Gasteiger partial charge in [-0.1, -0.05) is 47.0 Å². The molecular formula is C33H54O6. The number of hydrogen-bond acceptors (Lipinski definition) is 6. The van der Waals surface area contributed by atoms with Gasteiger partial charge in [0.05, 0.1) is 6.61 Å². The Labute approximate surface area is 236 Å². The second-order valence-corrected chi connectivity index (χ2v) is 14.4. The lowest BCUT2D eigenvalue weighted by Gasteiger charge is -2.62. The van der Waals surface area contributed by atoms with E-state index in [1.54, 1.807) is 0 Å². The average molecular weight is 547 g/mol. The van der Waals surface area contributed by atoms with Gasteiger partial charge in [-0.3, -0.25) is 14.4 Å². The van der Waals surface area contributed by atoms with Gasteiger partial charge in [0, 0.05) is 26.2 Å². The topological polar surface area (TPSA) is 78.9 Å². The second-order valence-electron chi connectivity index (χ2n) is 14.4. The summed E-state index contributed by atoms with van der Waals surface area (Å²) in [5.41, 5.74) is 0.131. The molecule has 10 atom stereocenters. The molecule has 4 fully saturated rings. The molecule has 4 aliphatic rings. The Kier molecular flexibility index (Phi) is 9.43. The van der Waals surface area contributed by atoms with Crippen LogP contribution in [0.2, 0.25) is 0 Å². The Bertz CT molecular complexity index is 899. The molecule has 0 aliphatic heterocycles. The van der Waals surface area contributed by atoms with Crippen molar-refractivity contribution >= 4 is 17.9 Å². The van der Waals surface area contributed by atoms with Crippen LogP contribution in [0.4, 0.5) is 0 Å². The highest BCUT2D eigenvalue weighted by atomic mass is 16.6. The summed E-state index contributed by atoms with van der Waals surface area (Å²) in [5, 5.41) is 0. The second kappa shape index (κ2) is 12.1. The minimum absolute atomic E-state index is 0.242. The minimum atomic E-state index is -0.498. The molecule has 0 radical (unpaired) electrons. The molecule has 4 aliphatic carbocycles. The Morgan fingerprint density at radius 1 is 0.821 bits per heavy atom. The first-order valence-corrected chi connectivity index (χ1v) is 15.8. The third-order valence-electron chi connectivity index (χ3n) is 11.7. The van der Waals surface area contributed by atoms with Crippen LogP contribution in [0.15, 0.2) is 0 Å². The maximum atomic E-state index is 12.1. The van der Waals surface area contributed by atoms with Gasteiger partial charge < -0.3 is 14.2 Å². The standard InChI is InChI=1S/C33H54O6/c1-20(2)9-8-10-21(3)27-13-14-28-26-12-11-25-17-30(38-23(5)35)31(39-24(6)36)18-33(25,19-37-22(4)34)29(26)15-16-32(27,28)7/h20-21,25-31H,8-19H2,1-7H3/t21-,25+,26+,27-,28+,29+,30-,31-,32-,33-/m1/s1. The number of carbonyl (C=O) groups excluding carboxylic acids is 3. The molecule has 0 aromatic heterocycles. The fraction of sp³-hybridized carbons (Fsp3) is 0.909. The van der Waals surface area contributed by atoms with E-state index in [0.717, 1.165) is 30.6 Å². The van der Waals surface area contributed by atoms with E-state index in [4.69, 9.17) is 14.2 Å². The maximum Gasteiger partial charge on any atom is 0.303 e. The first kappa shape index (κ1) is 30.4. The summed E-state index contributed by atoms with van der Waals surface area (Å²) in [7, 11) is 0. The van der Waals surface area contributed by atoms with Crippen LogP contribution in [0.5, 0.6) is 0 Å². The number of fused-ring (bicyclic) bond motifs is 5. The molecule has 6 heteroatoms. The van der Waals surface area contributed by atoms with Crippen molar-refractivity contribution in [3.05, 3.63) is 0 Å². The van der Waals surface area contributed by atoms with E-state index in [-0.39, 0.29) is 29.2 Å². The van der Waals surface area contributed by atoms with E-state index in [2.05, 4.69) is 27.7 Å². The van der Waals surface area contributed by atoms with Gasteiger partial charge in [0.25, 0.3) is 0 Å². The van der Waals surface area contributed by atoms with Crippen molar-refractivity contribution in [3.63, 3.8) is 0 Å². The molecule has 0 bridgehead atoms. The third-order valence-corrected chi connectivity index (χ3v) is 11.7. The summed E-state index contributed by atoms with van der Waals surface area (Å²) in [4.78, 5) is 36.1. The normalized spacial score (nSPS) is 40.2. The van der Waals surface area contributed by atoms with Crippen LogP contribution in [0.3, 0.4) is 0 Å². The van der Waals surface area contributed by atoms with Crippen molar-refractivity contribution in [3.8, 4) is 0 Å². The summed E-state index contributed by atoms with van der Waals surface area (Å²) < 4.78 is 17.4. The van der Waals surface area contributed by atoms with Crippen LogP contribution < -0.4 is 0 Å². The lowest BCUT2D eigenvalue weighted by Crippen LogP contribution is -2.60. The zero-order chi connectivity index (χ0) is 28.5. The van der Waals surface area contributed by atoms with Gasteiger partial charge >= 0.3 is 17.9 Å². The fourth-order valence-electron chi connectivity index (χ4n) is 10.2. The van der Waals surface area contributed by atoms with Crippen LogP contribution in [0.1, 0.15) is 119 Å². The van der Waals surface area contributed by atoms with E-state index < -0.39 is 12.2 Å². The highest BCUT2D eigenvalue weighted by Crippen LogP contribution is 2.68. The predicted molar refractivity (Wildman–Crippen MR) is 151 cm³/mol. The number of hydrogen-bond donors (Lipinski definition) is 0. The Hall–Kier alpha value is -1.59. The van der Waals surface area contributed by atoms with E-state index in [9.17, 15) is 14.4 Å². The zero-order valence-corrected chi connectivity index (χ0v) is 25.6. The van der Waals surface area contributed by atoms with Crippen LogP contribution in [-0.2, 0) is 28.6 Å². The van der Waals surface area contributed by atoms with Crippen LogP contribution in [0, 0.1) is 52.3 Å². The molecule has 0 heterocycles. The molecule has 39 heavy (non-hydrogen) atoms. The maximum absolute atomic E-state index is 12.1. The van der Waals surface area contributed by atoms with Crippen LogP contribution >= 0.6 is 0 Å². The molecule has 0 N–H and O–H groups in total. The van der Waals surface area contributed by atoms with Gasteiger partial charge in [-0.2, -0.15) is 0 Å². The van der Waals surface area contributed by atoms with E-state index in [0.29, 0.717) is 42.6 Å². The van der Waals surface area contributed by atoms with E-state index >= 15 is 0 Å². The van der Waals surface area contributed by atoms with Crippen LogP contribution in [-0.4, -0.2) is 36.7 Å². The SMILES string of the molecule is CC(=O)OC[C@]12C[C@@H](OC(C)=O)[C@H](OC(C)=O)C[C@@H]1CC[C@H]1[C@@H]3CC[C@H]([C@H](C)CCCC(C)C)[C@@]3(C)CC[C@@H]12. The molecule has 4 saturated carbocycles. The van der Waals surface area contributed by atoms with E-state index in [1.165, 1.54) is 65.7 Å². The summed E-state index contributed by atoms with van der Waals surface area (Å²) in [6, 6.07) is 0. The quantitative estimate of drug-likeness (QED) is 0.226. The Morgan fingerprint density at radius 2 is 1.51 bits per heavy atom. The average Bonchev–Trinajstić information content (AvgIpc) is 3.19. The van der Waals surface area contributed by atoms with Gasteiger partial charge in [0.2, 0.25) is 0 Å².